The molecule has 0 aromatic carbocycles. The number of hydrogen-bond donors (Lipinski definition) is 9. The summed E-state index contributed by atoms with van der Waals surface area (Å²) in [4.78, 5) is 71.2. The van der Waals surface area contributed by atoms with Crippen molar-refractivity contribution in [1.29, 1.82) is 0 Å². The third kappa shape index (κ3) is 37.9. The SMILES string of the molecule is O=P(O)(O)OP(=O)(O)O.O=P(O)(O)OP(=O)(O)OP(=O)(O)O.PP.[NaH]. The normalized spacial score (nSPS) is 12.8. The molecule has 25 heavy (non-hydrogen) atoms. The van der Waals surface area contributed by atoms with Gasteiger partial charge in [0.15, 0.2) is 0 Å². The second kappa shape index (κ2) is 13.7. The molecule has 0 aromatic rings. The molecule has 2 unspecified atom stereocenters. The van der Waals surface area contributed by atoms with Gasteiger partial charge in [0.2, 0.25) is 0 Å². The van der Waals surface area contributed by atoms with E-state index in [0.29, 0.717) is 0 Å². The Morgan fingerprint density at radius 3 is 0.720 bits per heavy atom. The molecule has 0 aliphatic heterocycles. The maximum absolute atomic E-state index is 10.4. The van der Waals surface area contributed by atoms with Gasteiger partial charge in [-0.25, -0.2) is 22.8 Å². The summed E-state index contributed by atoms with van der Waals surface area (Å²) in [5.74, 6) is 0. The summed E-state index contributed by atoms with van der Waals surface area (Å²) < 4.78 is 58.6. The monoisotopic (exact) mass is 526 g/mol. The van der Waals surface area contributed by atoms with Crippen molar-refractivity contribution >= 4 is 86.5 Å². The zero-order valence-electron chi connectivity index (χ0n) is 10.7. The fraction of sp³-hybridized carbons (Fsp3) is 0. The number of rotatable bonds is 6. The summed E-state index contributed by atoms with van der Waals surface area (Å²) in [7, 11) is -21.6. The van der Waals surface area contributed by atoms with Gasteiger partial charge in [-0.1, -0.05) is 0 Å². The minimum absolute atomic E-state index is 0. The minimum atomic E-state index is -5.46. The Morgan fingerprint density at radius 1 is 0.480 bits per heavy atom. The molecule has 0 aromatic heterocycles. The third-order valence-corrected chi connectivity index (χ3v) is 5.69. The summed E-state index contributed by atoms with van der Waals surface area (Å²) >= 11 is 0. The molecule has 25 heteroatoms. The Bertz CT molecular complexity index is 532. The Labute approximate surface area is 166 Å². The first kappa shape index (κ1) is 35.0. The van der Waals surface area contributed by atoms with Crippen LogP contribution in [0.15, 0.2) is 0 Å². The van der Waals surface area contributed by atoms with Crippen LogP contribution in [0.1, 0.15) is 0 Å². The Kier molecular flexibility index (Phi) is 19.2. The Balaban J connectivity index is -0.000000162. The molecule has 0 saturated carbocycles. The van der Waals surface area contributed by atoms with Crippen LogP contribution in [0.2, 0.25) is 0 Å². The molecule has 0 bridgehead atoms. The van der Waals surface area contributed by atoms with E-state index in [9.17, 15) is 22.8 Å². The van der Waals surface area contributed by atoms with Gasteiger partial charge in [0.25, 0.3) is 0 Å². The van der Waals surface area contributed by atoms with Crippen molar-refractivity contribution in [3.63, 3.8) is 0 Å². The maximum atomic E-state index is 10.4. The molecule has 0 aliphatic rings. The number of hydrogen-bond acceptors (Lipinski definition) is 8. The number of phosphoric acid groups is 5. The third-order valence-electron chi connectivity index (χ3n) is 0.632. The average molecular weight is 526 g/mol. The fourth-order valence-electron chi connectivity index (χ4n) is 0.422. The summed E-state index contributed by atoms with van der Waals surface area (Å²) in [6.07, 6.45) is 0. The Hall–Kier alpha value is 2.53. The van der Waals surface area contributed by atoms with E-state index in [1.54, 1.807) is 0 Å². The summed E-state index contributed by atoms with van der Waals surface area (Å²) in [6, 6.07) is 0. The second-order valence-corrected chi connectivity index (χ2v) is 9.50. The van der Waals surface area contributed by atoms with E-state index < -0.39 is 39.1 Å². The fourth-order valence-corrected chi connectivity index (χ4v) is 4.07. The van der Waals surface area contributed by atoms with Crippen molar-refractivity contribution in [1.82, 2.24) is 0 Å². The molecule has 0 amide bonds. The van der Waals surface area contributed by atoms with E-state index in [-0.39, 0.29) is 29.6 Å². The first-order valence-corrected chi connectivity index (χ1v) is 14.4. The van der Waals surface area contributed by atoms with Gasteiger partial charge in [0.1, 0.15) is 0 Å². The molecular formula is H14NaO17P7. The van der Waals surface area contributed by atoms with Crippen molar-refractivity contribution in [3.8, 4) is 0 Å². The van der Waals surface area contributed by atoms with Crippen molar-refractivity contribution in [2.45, 2.75) is 0 Å². The average Bonchev–Trinajstić information content (AvgIpc) is 2.06. The molecule has 9 N–H and O–H groups in total. The van der Waals surface area contributed by atoms with Gasteiger partial charge in [0, 0.05) is 0 Å². The van der Waals surface area contributed by atoms with E-state index in [1.807, 2.05) is 0 Å². The van der Waals surface area contributed by atoms with Gasteiger partial charge in [-0.05, 0) is 0 Å². The zero-order valence-corrected chi connectivity index (χ0v) is 17.5. The first-order chi connectivity index (χ1) is 10.1. The van der Waals surface area contributed by atoms with Crippen LogP contribution in [0.25, 0.3) is 0 Å². The molecule has 17 nitrogen and oxygen atoms in total. The van der Waals surface area contributed by atoms with Gasteiger partial charge in [-0.3, -0.25) is 0 Å². The molecule has 0 aliphatic carbocycles. The van der Waals surface area contributed by atoms with Crippen LogP contribution in [0.5, 0.6) is 0 Å². The molecule has 0 radical (unpaired) electrons. The van der Waals surface area contributed by atoms with Gasteiger partial charge in [-0.2, -0.15) is 12.9 Å². The van der Waals surface area contributed by atoms with Crippen molar-refractivity contribution in [2.24, 2.45) is 0 Å². The van der Waals surface area contributed by atoms with Crippen LogP contribution < -0.4 is 0 Å². The van der Waals surface area contributed by atoms with E-state index in [2.05, 4.69) is 30.8 Å². The molecule has 0 fully saturated rings. The van der Waals surface area contributed by atoms with Crippen LogP contribution in [0.3, 0.4) is 0 Å². The van der Waals surface area contributed by atoms with Crippen molar-refractivity contribution in [3.05, 3.63) is 0 Å². The van der Waals surface area contributed by atoms with Gasteiger partial charge < -0.3 is 44.0 Å². The second-order valence-electron chi connectivity index (χ2n) is 2.68. The summed E-state index contributed by atoms with van der Waals surface area (Å²) in [5.41, 5.74) is 0. The van der Waals surface area contributed by atoms with Crippen LogP contribution in [0, 0.1) is 0 Å². The topological polar surface area (TPSA) is 295 Å². The molecule has 0 rings (SSSR count). The molecule has 0 heterocycles. The molecule has 2 atom stereocenters. The van der Waals surface area contributed by atoms with E-state index in [1.165, 1.54) is 0 Å². The Morgan fingerprint density at radius 2 is 0.640 bits per heavy atom. The zero-order chi connectivity index (χ0) is 20.6. The van der Waals surface area contributed by atoms with Crippen LogP contribution in [-0.2, 0) is 35.8 Å². The van der Waals surface area contributed by atoms with E-state index >= 15 is 0 Å². The first-order valence-electron chi connectivity index (χ1n) is 4.14. The standard InChI is InChI=1S/Na.H5O10P3.H4O7P2.H4P2.H/c;1-11(2,3)9-13(7,8)10-12(4,5)6;1-8(2,3)7-9(4,5)6;1-2;/h;(H,7,8)(H2,1,2,3)(H2,4,5,6);(H2,1,2,3)(H2,4,5,6);1-2H2;. The van der Waals surface area contributed by atoms with E-state index in [0.717, 1.165) is 0 Å². The summed E-state index contributed by atoms with van der Waals surface area (Å²) in [5, 5.41) is 0. The molecule has 0 spiro atoms. The quantitative estimate of drug-likeness (QED) is 0.140. The summed E-state index contributed by atoms with van der Waals surface area (Å²) in [6.45, 7) is 0. The molecular weight excluding hydrogens is 512 g/mol. The van der Waals surface area contributed by atoms with Crippen LogP contribution in [0.4, 0.5) is 0 Å². The van der Waals surface area contributed by atoms with Crippen molar-refractivity contribution < 1.29 is 79.8 Å². The van der Waals surface area contributed by atoms with Gasteiger partial charge >= 0.3 is 68.7 Å². The van der Waals surface area contributed by atoms with Crippen molar-refractivity contribution in [2.75, 3.05) is 0 Å². The van der Waals surface area contributed by atoms with Crippen LogP contribution in [-0.4, -0.2) is 73.6 Å². The van der Waals surface area contributed by atoms with Gasteiger partial charge in [-0.15, -0.1) is 17.9 Å². The van der Waals surface area contributed by atoms with Crippen LogP contribution >= 0.6 is 57.0 Å². The predicted molar refractivity (Wildman–Crippen MR) is 87.8 cm³/mol. The molecule has 152 valence electrons. The van der Waals surface area contributed by atoms with E-state index in [4.69, 9.17) is 44.0 Å². The molecule has 0 saturated heterocycles. The predicted octanol–water partition coefficient (Wildman–Crippen LogP) is -1.50. The van der Waals surface area contributed by atoms with Gasteiger partial charge in [0.05, 0.1) is 0 Å².